The van der Waals surface area contributed by atoms with E-state index < -0.39 is 36.2 Å². The molecule has 2 N–H and O–H groups in total. The number of nitrogens with zero attached hydrogens (tertiary/aromatic N) is 2. The summed E-state index contributed by atoms with van der Waals surface area (Å²) in [6.45, 7) is 1.01. The molecule has 0 atom stereocenters. The fraction of sp³-hybridized carbons (Fsp3) is 0.357. The van der Waals surface area contributed by atoms with Gasteiger partial charge in [0.1, 0.15) is 12.3 Å². The summed E-state index contributed by atoms with van der Waals surface area (Å²) in [5.41, 5.74) is 0. The van der Waals surface area contributed by atoms with E-state index in [0.29, 0.717) is 22.1 Å². The second-order valence-corrected chi connectivity index (χ2v) is 4.87. The number of likely N-dealkylation sites (N-methyl/N-ethyl adjacent to an activating group) is 1. The minimum Gasteiger partial charge on any atom is -0.467 e. The smallest absolute Gasteiger partial charge is 0.335 e. The summed E-state index contributed by atoms with van der Waals surface area (Å²) in [7, 11) is 0. The van der Waals surface area contributed by atoms with Crippen LogP contribution in [0.1, 0.15) is 12.7 Å². The number of imide groups is 2. The third-order valence-electron chi connectivity index (χ3n) is 3.15. The average molecular weight is 336 g/mol. The number of rotatable bonds is 7. The zero-order chi connectivity index (χ0) is 17.7. The maximum Gasteiger partial charge on any atom is 0.335 e. The van der Waals surface area contributed by atoms with Gasteiger partial charge in [-0.25, -0.2) is 14.6 Å². The van der Waals surface area contributed by atoms with Crippen LogP contribution in [0.2, 0.25) is 0 Å². The number of urea groups is 1. The molecule has 1 fully saturated rings. The number of furan rings is 1. The molecule has 0 saturated carbocycles. The van der Waals surface area contributed by atoms with E-state index in [2.05, 4.69) is 10.6 Å². The van der Waals surface area contributed by atoms with Gasteiger partial charge in [0.15, 0.2) is 0 Å². The molecule has 24 heavy (non-hydrogen) atoms. The Bertz CT molecular complexity index is 669. The third kappa shape index (κ3) is 3.77. The Morgan fingerprint density at radius 3 is 2.42 bits per heavy atom. The van der Waals surface area contributed by atoms with Crippen molar-refractivity contribution in [2.75, 3.05) is 19.6 Å². The fourth-order valence-corrected chi connectivity index (χ4v) is 2.03. The second-order valence-electron chi connectivity index (χ2n) is 4.87. The molecule has 0 radical (unpaired) electrons. The van der Waals surface area contributed by atoms with Crippen molar-refractivity contribution in [1.82, 2.24) is 20.4 Å². The van der Waals surface area contributed by atoms with Gasteiger partial charge in [0, 0.05) is 6.54 Å². The van der Waals surface area contributed by atoms with Gasteiger partial charge in [-0.05, 0) is 19.1 Å². The van der Waals surface area contributed by atoms with E-state index in [9.17, 15) is 24.0 Å². The Labute approximate surface area is 136 Å². The van der Waals surface area contributed by atoms with Crippen LogP contribution in [0.4, 0.5) is 4.79 Å². The summed E-state index contributed by atoms with van der Waals surface area (Å²) in [6, 6.07) is 2.22. The number of hydrogen-bond acceptors (Lipinski definition) is 6. The first-order valence-corrected chi connectivity index (χ1v) is 7.17. The van der Waals surface area contributed by atoms with Crippen LogP contribution in [0.5, 0.6) is 0 Å². The van der Waals surface area contributed by atoms with Crippen LogP contribution in [0, 0.1) is 0 Å². The molecular formula is C14H16N4O6. The number of nitrogens with one attached hydrogen (secondary N) is 2. The maximum absolute atomic E-state index is 12.1. The first kappa shape index (κ1) is 17.2. The van der Waals surface area contributed by atoms with Crippen molar-refractivity contribution >= 4 is 29.7 Å². The van der Waals surface area contributed by atoms with Gasteiger partial charge in [-0.3, -0.25) is 19.2 Å². The highest BCUT2D eigenvalue weighted by molar-refractivity contribution is 6.44. The van der Waals surface area contributed by atoms with Crippen LogP contribution in [0.25, 0.3) is 0 Å². The zero-order valence-electron chi connectivity index (χ0n) is 12.9. The van der Waals surface area contributed by atoms with Gasteiger partial charge in [-0.2, -0.15) is 0 Å². The van der Waals surface area contributed by atoms with Crippen molar-refractivity contribution in [3.05, 3.63) is 24.2 Å². The van der Waals surface area contributed by atoms with E-state index >= 15 is 0 Å². The van der Waals surface area contributed by atoms with E-state index in [0.717, 1.165) is 0 Å². The number of carbonyl (C=O) groups is 5. The minimum atomic E-state index is -1.10. The highest BCUT2D eigenvalue weighted by Gasteiger charge is 2.45. The lowest BCUT2D eigenvalue weighted by atomic mass is 10.4. The third-order valence-corrected chi connectivity index (χ3v) is 3.15. The molecule has 128 valence electrons. The van der Waals surface area contributed by atoms with Crippen LogP contribution in [0.3, 0.4) is 0 Å². The van der Waals surface area contributed by atoms with Gasteiger partial charge in [0.2, 0.25) is 11.8 Å². The highest BCUT2D eigenvalue weighted by atomic mass is 16.3. The Morgan fingerprint density at radius 2 is 1.79 bits per heavy atom. The van der Waals surface area contributed by atoms with E-state index in [-0.39, 0.29) is 13.1 Å². The van der Waals surface area contributed by atoms with Gasteiger partial charge < -0.3 is 15.1 Å². The Morgan fingerprint density at radius 1 is 1.08 bits per heavy atom. The van der Waals surface area contributed by atoms with Crippen LogP contribution >= 0.6 is 0 Å². The number of amides is 6. The molecule has 1 aromatic heterocycles. The molecule has 0 aromatic carbocycles. The number of hydrogen-bond donors (Lipinski definition) is 2. The van der Waals surface area contributed by atoms with Gasteiger partial charge in [-0.15, -0.1) is 0 Å². The van der Waals surface area contributed by atoms with E-state index in [1.807, 2.05) is 0 Å². The topological polar surface area (TPSA) is 129 Å². The van der Waals surface area contributed by atoms with Crippen LogP contribution in [0.15, 0.2) is 22.8 Å². The Kier molecular flexibility index (Phi) is 5.30. The minimum absolute atomic E-state index is 0.201. The lowest BCUT2D eigenvalue weighted by Gasteiger charge is -2.14. The first-order valence-electron chi connectivity index (χ1n) is 7.17. The normalized spacial score (nSPS) is 14.3. The molecule has 0 aliphatic carbocycles. The number of carbonyl (C=O) groups excluding carboxylic acids is 5. The molecular weight excluding hydrogens is 320 g/mol. The molecule has 0 bridgehead atoms. The predicted molar refractivity (Wildman–Crippen MR) is 78.1 cm³/mol. The molecule has 6 amide bonds. The summed E-state index contributed by atoms with van der Waals surface area (Å²) in [5, 5.41) is 4.74. The van der Waals surface area contributed by atoms with Gasteiger partial charge in [-0.1, -0.05) is 0 Å². The van der Waals surface area contributed by atoms with Crippen molar-refractivity contribution in [2.24, 2.45) is 0 Å². The Balaban J connectivity index is 1.94. The molecule has 0 spiro atoms. The molecule has 2 heterocycles. The zero-order valence-corrected chi connectivity index (χ0v) is 12.9. The lowest BCUT2D eigenvalue weighted by Crippen LogP contribution is -2.44. The molecule has 10 nitrogen and oxygen atoms in total. The van der Waals surface area contributed by atoms with E-state index in [1.54, 1.807) is 19.1 Å². The second kappa shape index (κ2) is 7.40. The first-order chi connectivity index (χ1) is 11.4. The van der Waals surface area contributed by atoms with Crippen LogP contribution in [-0.2, 0) is 25.7 Å². The van der Waals surface area contributed by atoms with Crippen molar-refractivity contribution in [2.45, 2.75) is 13.5 Å². The lowest BCUT2D eigenvalue weighted by molar-refractivity contribution is -0.144. The van der Waals surface area contributed by atoms with Crippen molar-refractivity contribution < 1.29 is 28.4 Å². The molecule has 10 heteroatoms. The largest absolute Gasteiger partial charge is 0.467 e. The van der Waals surface area contributed by atoms with E-state index in [1.165, 1.54) is 6.26 Å². The van der Waals surface area contributed by atoms with E-state index in [4.69, 9.17) is 4.42 Å². The average Bonchev–Trinajstić information content (AvgIpc) is 3.13. The molecule has 1 aromatic rings. The van der Waals surface area contributed by atoms with Crippen LogP contribution < -0.4 is 10.6 Å². The summed E-state index contributed by atoms with van der Waals surface area (Å²) < 4.78 is 5.03. The van der Waals surface area contributed by atoms with Crippen molar-refractivity contribution in [3.63, 3.8) is 0 Å². The maximum atomic E-state index is 12.1. The summed E-state index contributed by atoms with van der Waals surface area (Å²) in [5.74, 6) is -2.93. The molecule has 1 aliphatic rings. The Hall–Kier alpha value is -3.17. The highest BCUT2D eigenvalue weighted by Crippen LogP contribution is 2.15. The molecule has 0 unspecified atom stereocenters. The summed E-state index contributed by atoms with van der Waals surface area (Å²) in [6.07, 6.45) is 1.37. The summed E-state index contributed by atoms with van der Waals surface area (Å²) >= 11 is 0. The van der Waals surface area contributed by atoms with Crippen molar-refractivity contribution in [1.29, 1.82) is 0 Å². The SMILES string of the molecule is CCNC(=O)CNC(=O)CN1C(=O)C(=O)N(Cc2ccco2)C1=O. The van der Waals surface area contributed by atoms with Gasteiger partial charge in [0.25, 0.3) is 0 Å². The van der Waals surface area contributed by atoms with Crippen molar-refractivity contribution in [3.8, 4) is 0 Å². The fourth-order valence-electron chi connectivity index (χ4n) is 2.03. The van der Waals surface area contributed by atoms with Gasteiger partial charge in [0.05, 0.1) is 19.4 Å². The quantitative estimate of drug-likeness (QED) is 0.476. The van der Waals surface area contributed by atoms with Gasteiger partial charge >= 0.3 is 17.8 Å². The standard InChI is InChI=1S/C14H16N4O6/c1-2-15-10(19)6-16-11(20)8-18-13(22)12(21)17(14(18)23)7-9-4-3-5-24-9/h3-5H,2,6-8H2,1H3,(H,15,19)(H,16,20). The predicted octanol–water partition coefficient (Wildman–Crippen LogP) is -1.18. The molecule has 2 rings (SSSR count). The molecule has 1 saturated heterocycles. The summed E-state index contributed by atoms with van der Waals surface area (Å²) in [4.78, 5) is 60.1. The van der Waals surface area contributed by atoms with Crippen LogP contribution in [-0.4, -0.2) is 59.1 Å². The molecule has 1 aliphatic heterocycles. The monoisotopic (exact) mass is 336 g/mol.